The number of benzene rings is 2. The van der Waals surface area contributed by atoms with Gasteiger partial charge in [-0.05, 0) is 48.4 Å². The number of aryl methyl sites for hydroxylation is 1. The van der Waals surface area contributed by atoms with Crippen LogP contribution in [0, 0.1) is 6.92 Å². The van der Waals surface area contributed by atoms with Crippen molar-refractivity contribution in [2.45, 2.75) is 38.5 Å². The maximum absolute atomic E-state index is 13.1. The smallest absolute Gasteiger partial charge is 0.406 e. The van der Waals surface area contributed by atoms with E-state index in [1.165, 1.54) is 7.05 Å². The molecule has 0 spiro atoms. The summed E-state index contributed by atoms with van der Waals surface area (Å²) >= 11 is 0. The van der Waals surface area contributed by atoms with Crippen LogP contribution in [0.25, 0.3) is 11.1 Å². The summed E-state index contributed by atoms with van der Waals surface area (Å²) in [6.07, 6.45) is 2.17. The number of ketones is 1. The van der Waals surface area contributed by atoms with E-state index in [9.17, 15) is 9.59 Å². The quantitative estimate of drug-likeness (QED) is 0.416. The predicted molar refractivity (Wildman–Crippen MR) is 120 cm³/mol. The zero-order valence-corrected chi connectivity index (χ0v) is 18.3. The highest BCUT2D eigenvalue weighted by molar-refractivity contribution is 6.04. The molecule has 3 rings (SSSR count). The summed E-state index contributed by atoms with van der Waals surface area (Å²) in [7, 11) is 1.54. The second kappa shape index (κ2) is 11.1. The zero-order valence-electron chi connectivity index (χ0n) is 18.3. The maximum Gasteiger partial charge on any atom is 0.406 e. The normalized spacial score (nSPS) is 14.1. The maximum atomic E-state index is 13.1. The van der Waals surface area contributed by atoms with Crippen LogP contribution >= 0.6 is 0 Å². The van der Waals surface area contributed by atoms with Gasteiger partial charge in [0.1, 0.15) is 6.61 Å². The van der Waals surface area contributed by atoms with Crippen LogP contribution in [0.1, 0.15) is 58.6 Å². The first-order valence-corrected chi connectivity index (χ1v) is 10.9. The summed E-state index contributed by atoms with van der Waals surface area (Å²) in [5.74, 6) is 0.0000102. The zero-order chi connectivity index (χ0) is 22.2. The van der Waals surface area contributed by atoms with E-state index in [-0.39, 0.29) is 24.9 Å². The Labute approximate surface area is 183 Å². The fraction of sp³-hybridized carbons (Fsp3) is 0.440. The lowest BCUT2D eigenvalue weighted by atomic mass is 9.93. The van der Waals surface area contributed by atoms with Gasteiger partial charge in [0.2, 0.25) is 0 Å². The van der Waals surface area contributed by atoms with Gasteiger partial charge < -0.3 is 19.9 Å². The second-order valence-electron chi connectivity index (χ2n) is 7.83. The van der Waals surface area contributed by atoms with E-state index >= 15 is 0 Å². The van der Waals surface area contributed by atoms with Crippen LogP contribution in [-0.2, 0) is 9.47 Å². The molecule has 1 unspecified atom stereocenters. The monoisotopic (exact) mass is 425 g/mol. The number of carbonyl (C=O) groups is 2. The van der Waals surface area contributed by atoms with Crippen LogP contribution in [0.2, 0.25) is 0 Å². The molecule has 6 nitrogen and oxygen atoms in total. The molecule has 0 fully saturated rings. The largest absolute Gasteiger partial charge is 0.449 e. The number of hydrogen-bond donors (Lipinski definition) is 2. The molecule has 1 aliphatic carbocycles. The van der Waals surface area contributed by atoms with Gasteiger partial charge in [0.25, 0.3) is 0 Å². The molecular formula is C25H31NO5. The molecule has 1 amide bonds. The molecule has 0 heterocycles. The number of unbranched alkanes of at least 4 members (excludes halogenated alkanes) is 1. The van der Waals surface area contributed by atoms with Crippen molar-refractivity contribution in [3.05, 3.63) is 58.7 Å². The molecule has 2 aromatic rings. The van der Waals surface area contributed by atoms with Crippen molar-refractivity contribution in [2.24, 2.45) is 0 Å². The Bertz CT molecular complexity index is 924. The van der Waals surface area contributed by atoms with Crippen molar-refractivity contribution >= 4 is 11.9 Å². The number of carbonyl (C=O) groups excluding carboxylic acids is 2. The lowest BCUT2D eigenvalue weighted by Gasteiger charge is -2.14. The Balaban J connectivity index is 1.77. The highest BCUT2D eigenvalue weighted by atomic mass is 16.5. The Hall–Kier alpha value is -2.70. The Kier molecular flexibility index (Phi) is 8.20. The van der Waals surface area contributed by atoms with Gasteiger partial charge in [-0.1, -0.05) is 42.0 Å². The van der Waals surface area contributed by atoms with Gasteiger partial charge in [0, 0.05) is 44.8 Å². The third-order valence-electron chi connectivity index (χ3n) is 5.60. The summed E-state index contributed by atoms with van der Waals surface area (Å²) in [6, 6.07) is 12.0. The fourth-order valence-electron chi connectivity index (χ4n) is 4.06. The average molecular weight is 426 g/mol. The molecule has 2 aromatic carbocycles. The van der Waals surface area contributed by atoms with E-state index in [2.05, 4.69) is 17.4 Å². The van der Waals surface area contributed by atoms with E-state index in [4.69, 9.17) is 14.6 Å². The Morgan fingerprint density at radius 3 is 2.65 bits per heavy atom. The van der Waals surface area contributed by atoms with Crippen LogP contribution in [0.5, 0.6) is 0 Å². The van der Waals surface area contributed by atoms with Crippen molar-refractivity contribution in [3.8, 4) is 11.1 Å². The van der Waals surface area contributed by atoms with Crippen LogP contribution < -0.4 is 5.32 Å². The molecule has 1 aliphatic rings. The number of nitrogens with one attached hydrogen (secondary N) is 1. The minimum Gasteiger partial charge on any atom is -0.449 e. The lowest BCUT2D eigenvalue weighted by molar-refractivity contribution is 0.0930. The molecule has 0 aliphatic heterocycles. The van der Waals surface area contributed by atoms with E-state index in [0.29, 0.717) is 31.6 Å². The molecule has 0 aromatic heterocycles. The van der Waals surface area contributed by atoms with E-state index in [1.54, 1.807) is 0 Å². The van der Waals surface area contributed by atoms with Gasteiger partial charge in [-0.2, -0.15) is 0 Å². The first-order chi connectivity index (χ1) is 15.1. The number of alkyl carbamates (subject to hydrolysis) is 1. The molecule has 0 saturated carbocycles. The van der Waals surface area contributed by atoms with Crippen molar-refractivity contribution in [3.63, 3.8) is 0 Å². The topological polar surface area (TPSA) is 84.9 Å². The summed E-state index contributed by atoms with van der Waals surface area (Å²) in [4.78, 5) is 24.7. The van der Waals surface area contributed by atoms with Crippen molar-refractivity contribution in [2.75, 3.05) is 33.5 Å². The van der Waals surface area contributed by atoms with E-state index in [1.807, 2.05) is 31.2 Å². The minimum atomic E-state index is -0.464. The van der Waals surface area contributed by atoms with Gasteiger partial charge in [-0.15, -0.1) is 0 Å². The molecule has 0 radical (unpaired) electrons. The summed E-state index contributed by atoms with van der Waals surface area (Å²) in [6.45, 7) is 3.58. The van der Waals surface area contributed by atoms with Gasteiger partial charge in [-0.25, -0.2) is 4.79 Å². The highest BCUT2D eigenvalue weighted by Gasteiger charge is 2.32. The number of Topliss-reactive ketones (excluding diaryl/α,β-unsaturated/α-hetero) is 1. The predicted octanol–water partition coefficient (Wildman–Crippen LogP) is 4.22. The molecule has 6 heteroatoms. The van der Waals surface area contributed by atoms with Crippen molar-refractivity contribution < 1.29 is 24.2 Å². The number of amides is 1. The van der Waals surface area contributed by atoms with Crippen molar-refractivity contribution in [1.82, 2.24) is 5.32 Å². The molecule has 31 heavy (non-hydrogen) atoms. The Morgan fingerprint density at radius 1 is 1.06 bits per heavy atom. The van der Waals surface area contributed by atoms with Crippen LogP contribution in [0.15, 0.2) is 36.4 Å². The first kappa shape index (κ1) is 23.0. The van der Waals surface area contributed by atoms with E-state index in [0.717, 1.165) is 40.7 Å². The van der Waals surface area contributed by atoms with Crippen LogP contribution in [0.3, 0.4) is 0 Å². The minimum absolute atomic E-state index is 0.0928. The summed E-state index contributed by atoms with van der Waals surface area (Å²) in [5, 5.41) is 11.3. The summed E-state index contributed by atoms with van der Waals surface area (Å²) in [5.41, 5.74) is 5.95. The van der Waals surface area contributed by atoms with Crippen molar-refractivity contribution in [1.29, 1.82) is 0 Å². The van der Waals surface area contributed by atoms with Crippen LogP contribution in [0.4, 0.5) is 4.79 Å². The molecule has 2 N–H and O–H groups in total. The third kappa shape index (κ3) is 5.51. The Morgan fingerprint density at radius 2 is 1.87 bits per heavy atom. The molecular weight excluding hydrogens is 394 g/mol. The molecule has 1 atom stereocenters. The standard InChI is InChI=1S/C25H31NO5/c1-17-10-11-19-21(15-17)22(16-31-25(29)26-2)18-7-5-8-20(24(18)19)23(28)9-6-14-30-13-4-3-12-27/h5,7-8,10-11,15,22,27H,3-4,6,9,12-14,16H2,1-2H3,(H,26,29). The number of fused-ring (bicyclic) bond motifs is 3. The SMILES string of the molecule is CNC(=O)OCC1c2cc(C)ccc2-c2c(C(=O)CCCOCCCCO)cccc21. The van der Waals surface area contributed by atoms with Gasteiger partial charge in [-0.3, -0.25) is 4.79 Å². The molecule has 0 bridgehead atoms. The average Bonchev–Trinajstić information content (AvgIpc) is 3.09. The highest BCUT2D eigenvalue weighted by Crippen LogP contribution is 2.47. The third-order valence-corrected chi connectivity index (χ3v) is 5.60. The van der Waals surface area contributed by atoms with E-state index < -0.39 is 6.09 Å². The van der Waals surface area contributed by atoms with Gasteiger partial charge in [0.15, 0.2) is 5.78 Å². The number of hydrogen-bond acceptors (Lipinski definition) is 5. The molecule has 166 valence electrons. The lowest BCUT2D eigenvalue weighted by Crippen LogP contribution is -2.22. The number of rotatable bonds is 11. The number of aliphatic hydroxyl groups excluding tert-OH is 1. The molecule has 0 saturated heterocycles. The summed E-state index contributed by atoms with van der Waals surface area (Å²) < 4.78 is 10.9. The van der Waals surface area contributed by atoms with Gasteiger partial charge in [0.05, 0.1) is 0 Å². The van der Waals surface area contributed by atoms with Crippen LogP contribution in [-0.4, -0.2) is 50.5 Å². The first-order valence-electron chi connectivity index (χ1n) is 10.9. The van der Waals surface area contributed by atoms with Gasteiger partial charge >= 0.3 is 6.09 Å². The number of aliphatic hydroxyl groups is 1. The fourth-order valence-corrected chi connectivity index (χ4v) is 4.06. The number of ether oxygens (including phenoxy) is 2. The second-order valence-corrected chi connectivity index (χ2v) is 7.83.